The molecule has 0 saturated carbocycles. The number of hydrogen-bond donors (Lipinski definition) is 0. The summed E-state index contributed by atoms with van der Waals surface area (Å²) in [6.45, 7) is 23.3. The van der Waals surface area contributed by atoms with E-state index in [2.05, 4.69) is 55.4 Å². The van der Waals surface area contributed by atoms with E-state index in [-0.39, 0.29) is 0 Å². The zero-order valence-corrected chi connectivity index (χ0v) is 67.7. The zero-order valence-electron chi connectivity index (χ0n) is 64.4. The van der Waals surface area contributed by atoms with Crippen molar-refractivity contribution in [2.24, 2.45) is 0 Å². The summed E-state index contributed by atoms with van der Waals surface area (Å²) in [6.07, 6.45) is 82.4. The van der Waals surface area contributed by atoms with Crippen LogP contribution < -0.4 is 9.79 Å². The summed E-state index contributed by atoms with van der Waals surface area (Å²) in [5, 5.41) is 0. The molecule has 0 bridgehead atoms. The predicted molar refractivity (Wildman–Crippen MR) is 402 cm³/mol. The second kappa shape index (κ2) is 91.2. The summed E-state index contributed by atoms with van der Waals surface area (Å²) in [5.74, 6) is 0. The van der Waals surface area contributed by atoms with Gasteiger partial charge in [-0.3, -0.25) is 0 Å². The minimum atomic E-state index is -3.72. The maximum atomic E-state index is 11.7. The average Bonchev–Trinajstić information content (AvgIpc) is 1.83. The van der Waals surface area contributed by atoms with Gasteiger partial charge in [0.1, 0.15) is 0 Å². The van der Waals surface area contributed by atoms with E-state index in [4.69, 9.17) is 31.4 Å². The molecule has 0 aliphatic carbocycles. The maximum absolute atomic E-state index is 11.7. The first-order chi connectivity index (χ1) is 45.9. The standard InChI is InChI=1S/2C24H50O3P.4C8H17O.Ti/c2*1-3-5-7-9-11-13-15-17-19-21-23-26-28(25)27-24-22-20-18-16-14-12-10-8-6-4-2;4*1-2-3-4-5-6-7-8-9;/h2*3-24H2,1-2H3;4*2-8H2,1H3;/q6*-1;+6. The molecule has 0 fully saturated rings. The van der Waals surface area contributed by atoms with Gasteiger partial charge in [0, 0.05) is 0 Å². The SMILES string of the molecule is CCCCCCCCCCCCOP([O-])OCCCCCCCCCCCC.CCCCCCCCCCCCOP([O-])OCCCCCCCCCCCC.CCCCCCCC[O][Ti+2]([O]CCCCCCCC)([O]CCCCCCCC)[O]CCCCCCCC. The fourth-order valence-electron chi connectivity index (χ4n) is 11.6. The summed E-state index contributed by atoms with van der Waals surface area (Å²) in [5.41, 5.74) is 0. The molecule has 0 aliphatic rings. The van der Waals surface area contributed by atoms with Gasteiger partial charge < -0.3 is 27.9 Å². The van der Waals surface area contributed by atoms with Crippen LogP contribution in [0, 0.1) is 0 Å². The number of rotatable bonds is 80. The van der Waals surface area contributed by atoms with Crippen LogP contribution in [0.25, 0.3) is 0 Å². The van der Waals surface area contributed by atoms with Gasteiger partial charge in [0.2, 0.25) is 0 Å². The summed E-state index contributed by atoms with van der Waals surface area (Å²) in [7, 11) is -3.81. The van der Waals surface area contributed by atoms with Gasteiger partial charge in [-0.2, -0.15) is 0 Å². The molecule has 0 heterocycles. The van der Waals surface area contributed by atoms with Crippen molar-refractivity contribution in [3.8, 4) is 0 Å². The van der Waals surface area contributed by atoms with E-state index in [9.17, 15) is 9.79 Å². The van der Waals surface area contributed by atoms with E-state index >= 15 is 0 Å². The van der Waals surface area contributed by atoms with Crippen molar-refractivity contribution in [2.45, 2.75) is 466 Å². The summed E-state index contributed by atoms with van der Waals surface area (Å²) in [4.78, 5) is 23.3. The van der Waals surface area contributed by atoms with E-state index in [1.165, 1.54) is 360 Å². The van der Waals surface area contributed by atoms with Gasteiger partial charge in [0.15, 0.2) is 0 Å². The Morgan fingerprint density at radius 3 is 0.398 bits per heavy atom. The summed E-state index contributed by atoms with van der Waals surface area (Å²) < 4.78 is 47.1. The van der Waals surface area contributed by atoms with Crippen LogP contribution in [0.2, 0.25) is 0 Å². The van der Waals surface area contributed by atoms with Crippen LogP contribution in [0.4, 0.5) is 0 Å². The van der Waals surface area contributed by atoms with Crippen LogP contribution in [0.5, 0.6) is 0 Å². The van der Waals surface area contributed by atoms with Gasteiger partial charge in [-0.25, -0.2) is 0 Å². The second-order valence-electron chi connectivity index (χ2n) is 27.5. The van der Waals surface area contributed by atoms with Gasteiger partial charge in [-0.1, -0.05) is 259 Å². The molecule has 13 heteroatoms. The fraction of sp³-hybridized carbons (Fsp3) is 1.00. The van der Waals surface area contributed by atoms with Crippen LogP contribution in [0.15, 0.2) is 0 Å². The molecule has 0 aromatic rings. The van der Waals surface area contributed by atoms with Crippen molar-refractivity contribution >= 4 is 17.2 Å². The molecule has 0 spiro atoms. The molecule has 562 valence electrons. The van der Waals surface area contributed by atoms with Crippen LogP contribution in [-0.2, 0) is 49.5 Å². The van der Waals surface area contributed by atoms with Gasteiger partial charge in [0.05, 0.1) is 43.6 Å². The fourth-order valence-corrected chi connectivity index (χ4v) is 16.1. The van der Waals surface area contributed by atoms with Crippen LogP contribution in [-0.4, -0.2) is 52.9 Å². The van der Waals surface area contributed by atoms with Gasteiger partial charge in [-0.05, 0) is 25.7 Å². The molecular formula is C80H168O10P2Ti. The Bertz CT molecular complexity index is 1080. The normalized spacial score (nSPS) is 11.6. The van der Waals surface area contributed by atoms with Gasteiger partial charge >= 0.3 is 240 Å². The number of hydrogen-bond acceptors (Lipinski definition) is 10. The first-order valence-corrected chi connectivity index (χ1v) is 46.6. The Kier molecular flexibility index (Phi) is 96.4. The third kappa shape index (κ3) is 89.2. The minimum absolute atomic E-state index is 0.573. The van der Waals surface area contributed by atoms with Crippen molar-refractivity contribution in [3.05, 3.63) is 0 Å². The van der Waals surface area contributed by atoms with Crippen molar-refractivity contribution in [2.75, 3.05) is 52.9 Å². The Morgan fingerprint density at radius 1 is 0.161 bits per heavy atom. The average molecular weight is 1400 g/mol. The first kappa shape index (κ1) is 98.4. The van der Waals surface area contributed by atoms with Crippen molar-refractivity contribution in [1.82, 2.24) is 0 Å². The van der Waals surface area contributed by atoms with Crippen LogP contribution in [0.1, 0.15) is 466 Å². The quantitative estimate of drug-likeness (QED) is 0.0331. The topological polar surface area (TPSA) is 120 Å². The third-order valence-corrected chi connectivity index (χ3v) is 22.9. The Morgan fingerprint density at radius 2 is 0.269 bits per heavy atom. The van der Waals surface area contributed by atoms with E-state index < -0.39 is 35.3 Å². The van der Waals surface area contributed by atoms with Gasteiger partial charge in [0.25, 0.3) is 0 Å². The van der Waals surface area contributed by atoms with Gasteiger partial charge in [-0.15, -0.1) is 0 Å². The molecule has 10 nitrogen and oxygen atoms in total. The number of unbranched alkanes of at least 4 members (excludes halogenated alkanes) is 56. The Hall–Kier alpha value is 1.17. The van der Waals surface area contributed by atoms with Crippen molar-refractivity contribution in [1.29, 1.82) is 0 Å². The molecule has 0 radical (unpaired) electrons. The molecule has 0 rings (SSSR count). The molecule has 0 unspecified atom stereocenters. The monoisotopic (exact) mass is 1400 g/mol. The summed E-state index contributed by atoms with van der Waals surface area (Å²) in [6, 6.07) is 0. The molecule has 0 aromatic carbocycles. The van der Waals surface area contributed by atoms with Crippen LogP contribution >= 0.6 is 17.2 Å². The predicted octanol–water partition coefficient (Wildman–Crippen LogP) is 28.2. The molecule has 0 saturated heterocycles. The Labute approximate surface area is 592 Å². The summed E-state index contributed by atoms with van der Waals surface area (Å²) >= 11 is -3.72. The molecule has 0 N–H and O–H groups in total. The van der Waals surface area contributed by atoms with Crippen molar-refractivity contribution in [3.63, 3.8) is 0 Å². The molecule has 0 aliphatic heterocycles. The first-order valence-electron chi connectivity index (χ1n) is 41.9. The van der Waals surface area contributed by atoms with Crippen molar-refractivity contribution < 1.29 is 59.3 Å². The molecule has 0 aromatic heterocycles. The zero-order chi connectivity index (χ0) is 68.2. The molecular weight excluding hydrogens is 1230 g/mol. The van der Waals surface area contributed by atoms with Crippen LogP contribution in [0.3, 0.4) is 0 Å². The van der Waals surface area contributed by atoms with E-state index in [0.717, 1.165) is 77.8 Å². The molecule has 0 atom stereocenters. The molecule has 0 amide bonds. The second-order valence-corrected chi connectivity index (χ2v) is 32.8. The third-order valence-electron chi connectivity index (χ3n) is 17.9. The molecule has 93 heavy (non-hydrogen) atoms. The van der Waals surface area contributed by atoms with E-state index in [0.29, 0.717) is 26.4 Å². The Balaban J connectivity index is -0.00000133. The van der Waals surface area contributed by atoms with E-state index in [1.54, 1.807) is 0 Å². The van der Waals surface area contributed by atoms with E-state index in [1.807, 2.05) is 0 Å².